The second-order valence-electron chi connectivity index (χ2n) is 7.95. The SMILES string of the molecule is C=CC=NC[C@H](CC(c1c(C)n(CC)c2ccc(Br)cc12)C(C)(C)CO)OC. The first-order chi connectivity index (χ1) is 13.3. The standard InChI is InChI=1S/C23H33BrN2O2/c1-7-11-25-14-18(28-6)13-20(23(4,5)15-27)22-16(3)26(8-2)21-10-9-17(24)12-19(21)22/h7,9-12,18,20,27H,1,8,13-15H2,2-6H3/t18-,20?/m0/s1. The second kappa shape index (κ2) is 9.86. The lowest BCUT2D eigenvalue weighted by molar-refractivity contribution is 0.0608. The summed E-state index contributed by atoms with van der Waals surface area (Å²) in [5.41, 5.74) is 3.49. The van der Waals surface area contributed by atoms with Crippen molar-refractivity contribution in [1.29, 1.82) is 0 Å². The number of hydrogen-bond donors (Lipinski definition) is 1. The lowest BCUT2D eigenvalue weighted by atomic mass is 9.72. The molecule has 0 saturated carbocycles. The van der Waals surface area contributed by atoms with Gasteiger partial charge in [0.25, 0.3) is 0 Å². The molecule has 2 rings (SSSR count). The van der Waals surface area contributed by atoms with Crippen LogP contribution in [0.1, 0.15) is 44.4 Å². The molecule has 0 aliphatic heterocycles. The number of aliphatic imine (C=N–C) groups is 1. The Kier molecular flexibility index (Phi) is 8.05. The molecular weight excluding hydrogens is 416 g/mol. The number of aliphatic hydroxyl groups is 1. The number of aliphatic hydroxyl groups excluding tert-OH is 1. The van der Waals surface area contributed by atoms with Crippen LogP contribution in [0, 0.1) is 12.3 Å². The second-order valence-corrected chi connectivity index (χ2v) is 8.86. The average molecular weight is 449 g/mol. The Balaban J connectivity index is 2.61. The highest BCUT2D eigenvalue weighted by Crippen LogP contribution is 2.45. The van der Waals surface area contributed by atoms with Gasteiger partial charge in [0.1, 0.15) is 0 Å². The third-order valence-corrected chi connectivity index (χ3v) is 6.19. The molecule has 0 saturated heterocycles. The van der Waals surface area contributed by atoms with Crippen molar-refractivity contribution >= 4 is 33.0 Å². The van der Waals surface area contributed by atoms with Gasteiger partial charge in [0.15, 0.2) is 0 Å². The minimum absolute atomic E-state index is 0.0291. The van der Waals surface area contributed by atoms with Gasteiger partial charge >= 0.3 is 0 Å². The Morgan fingerprint density at radius 1 is 1.39 bits per heavy atom. The normalized spacial score (nSPS) is 14.7. The van der Waals surface area contributed by atoms with Crippen LogP contribution in [0.25, 0.3) is 10.9 Å². The first-order valence-electron chi connectivity index (χ1n) is 9.83. The number of nitrogens with zero attached hydrogens (tertiary/aromatic N) is 2. The van der Waals surface area contributed by atoms with Gasteiger partial charge < -0.3 is 14.4 Å². The van der Waals surface area contributed by atoms with E-state index in [2.05, 4.69) is 78.0 Å². The van der Waals surface area contributed by atoms with E-state index < -0.39 is 0 Å². The molecule has 1 aromatic heterocycles. The van der Waals surface area contributed by atoms with Crippen molar-refractivity contribution in [2.45, 2.75) is 52.7 Å². The number of hydrogen-bond acceptors (Lipinski definition) is 3. The maximum atomic E-state index is 10.2. The van der Waals surface area contributed by atoms with Crippen molar-refractivity contribution in [2.75, 3.05) is 20.3 Å². The molecule has 28 heavy (non-hydrogen) atoms. The molecule has 5 heteroatoms. The number of allylic oxidation sites excluding steroid dienone is 1. The quantitative estimate of drug-likeness (QED) is 0.487. The third-order valence-electron chi connectivity index (χ3n) is 5.70. The van der Waals surface area contributed by atoms with Crippen LogP contribution in [0.4, 0.5) is 0 Å². The summed E-state index contributed by atoms with van der Waals surface area (Å²) in [6, 6.07) is 6.46. The van der Waals surface area contributed by atoms with Gasteiger partial charge in [-0.25, -0.2) is 0 Å². The number of methoxy groups -OCH3 is 1. The number of aryl methyl sites for hydroxylation is 1. The minimum Gasteiger partial charge on any atom is -0.396 e. The van der Waals surface area contributed by atoms with Crippen LogP contribution in [0.5, 0.6) is 0 Å². The molecule has 0 amide bonds. The number of ether oxygens (including phenoxy) is 1. The number of halogens is 1. The summed E-state index contributed by atoms with van der Waals surface area (Å²) in [4.78, 5) is 4.39. The molecule has 0 radical (unpaired) electrons. The zero-order valence-corrected chi connectivity index (χ0v) is 19.3. The Bertz CT molecular complexity index is 839. The van der Waals surface area contributed by atoms with Crippen molar-refractivity contribution in [1.82, 2.24) is 4.57 Å². The van der Waals surface area contributed by atoms with Crippen molar-refractivity contribution in [3.63, 3.8) is 0 Å². The van der Waals surface area contributed by atoms with Gasteiger partial charge in [-0.2, -0.15) is 0 Å². The first-order valence-corrected chi connectivity index (χ1v) is 10.6. The fraction of sp³-hybridized carbons (Fsp3) is 0.522. The zero-order chi connectivity index (χ0) is 20.9. The van der Waals surface area contributed by atoms with E-state index in [9.17, 15) is 5.11 Å². The van der Waals surface area contributed by atoms with Crippen LogP contribution in [0.2, 0.25) is 0 Å². The highest BCUT2D eigenvalue weighted by Gasteiger charge is 2.36. The molecule has 154 valence electrons. The van der Waals surface area contributed by atoms with Crippen LogP contribution in [-0.4, -0.2) is 42.3 Å². The summed E-state index contributed by atoms with van der Waals surface area (Å²) in [6.45, 7) is 13.9. The van der Waals surface area contributed by atoms with Crippen molar-refractivity contribution < 1.29 is 9.84 Å². The maximum Gasteiger partial charge on any atom is 0.0772 e. The van der Waals surface area contributed by atoms with Gasteiger partial charge in [-0.05, 0) is 55.4 Å². The van der Waals surface area contributed by atoms with Crippen LogP contribution < -0.4 is 0 Å². The third kappa shape index (κ3) is 4.76. The molecule has 1 unspecified atom stereocenters. The minimum atomic E-state index is -0.293. The average Bonchev–Trinajstić information content (AvgIpc) is 2.94. The van der Waals surface area contributed by atoms with Crippen LogP contribution >= 0.6 is 15.9 Å². The molecule has 1 heterocycles. The van der Waals surface area contributed by atoms with Crippen molar-refractivity contribution in [3.8, 4) is 0 Å². The van der Waals surface area contributed by atoms with Crippen LogP contribution in [0.15, 0.2) is 40.3 Å². The Morgan fingerprint density at radius 3 is 2.68 bits per heavy atom. The number of rotatable bonds is 10. The Labute approximate surface area is 177 Å². The molecule has 4 nitrogen and oxygen atoms in total. The number of benzene rings is 1. The molecule has 0 fully saturated rings. The molecular formula is C23H33BrN2O2. The van der Waals surface area contributed by atoms with Gasteiger partial charge in [0.2, 0.25) is 0 Å². The summed E-state index contributed by atoms with van der Waals surface area (Å²) >= 11 is 3.63. The van der Waals surface area contributed by atoms with Crippen molar-refractivity contribution in [2.24, 2.45) is 10.4 Å². The zero-order valence-electron chi connectivity index (χ0n) is 17.7. The summed E-state index contributed by atoms with van der Waals surface area (Å²) in [7, 11) is 1.73. The van der Waals surface area contributed by atoms with E-state index in [0.29, 0.717) is 6.54 Å². The lowest BCUT2D eigenvalue weighted by Gasteiger charge is -2.35. The van der Waals surface area contributed by atoms with Crippen LogP contribution in [0.3, 0.4) is 0 Å². The highest BCUT2D eigenvalue weighted by molar-refractivity contribution is 9.10. The molecule has 1 N–H and O–H groups in total. The van der Waals surface area contributed by atoms with E-state index in [4.69, 9.17) is 4.74 Å². The topological polar surface area (TPSA) is 46.8 Å². The van der Waals surface area contributed by atoms with Gasteiger partial charge in [0, 0.05) is 47.5 Å². The molecule has 0 spiro atoms. The summed E-state index contributed by atoms with van der Waals surface area (Å²) < 4.78 is 9.17. The van der Waals surface area contributed by atoms with E-state index in [-0.39, 0.29) is 24.0 Å². The predicted molar refractivity (Wildman–Crippen MR) is 123 cm³/mol. The Morgan fingerprint density at radius 2 is 2.11 bits per heavy atom. The molecule has 1 aromatic carbocycles. The van der Waals surface area contributed by atoms with E-state index >= 15 is 0 Å². The Hall–Kier alpha value is -1.43. The van der Waals surface area contributed by atoms with E-state index in [0.717, 1.165) is 17.4 Å². The highest BCUT2D eigenvalue weighted by atomic mass is 79.9. The molecule has 2 aromatic rings. The molecule has 2 atom stereocenters. The largest absolute Gasteiger partial charge is 0.396 e. The van der Waals surface area contributed by atoms with Gasteiger partial charge in [-0.3, -0.25) is 4.99 Å². The molecule has 0 aliphatic rings. The lowest BCUT2D eigenvalue weighted by Crippen LogP contribution is -2.31. The van der Waals surface area contributed by atoms with E-state index in [1.54, 1.807) is 19.4 Å². The van der Waals surface area contributed by atoms with Gasteiger partial charge in [0.05, 0.1) is 12.6 Å². The summed E-state index contributed by atoms with van der Waals surface area (Å²) in [6.07, 6.45) is 4.15. The molecule has 0 aliphatic carbocycles. The summed E-state index contributed by atoms with van der Waals surface area (Å²) in [5, 5.41) is 11.4. The van der Waals surface area contributed by atoms with Crippen molar-refractivity contribution in [3.05, 3.63) is 46.6 Å². The smallest absolute Gasteiger partial charge is 0.0772 e. The molecule has 0 bridgehead atoms. The number of fused-ring (bicyclic) bond motifs is 1. The number of aromatic nitrogens is 1. The monoisotopic (exact) mass is 448 g/mol. The first kappa shape index (κ1) is 22.9. The summed E-state index contributed by atoms with van der Waals surface area (Å²) in [5.74, 6) is 0.131. The van der Waals surface area contributed by atoms with E-state index in [1.165, 1.54) is 22.2 Å². The predicted octanol–water partition coefficient (Wildman–Crippen LogP) is 5.50. The maximum absolute atomic E-state index is 10.2. The van der Waals surface area contributed by atoms with Crippen LogP contribution in [-0.2, 0) is 11.3 Å². The van der Waals surface area contributed by atoms with E-state index in [1.807, 2.05) is 0 Å². The fourth-order valence-electron chi connectivity index (χ4n) is 4.03. The van der Waals surface area contributed by atoms with Gasteiger partial charge in [-0.15, -0.1) is 0 Å². The fourth-order valence-corrected chi connectivity index (χ4v) is 4.39. The van der Waals surface area contributed by atoms with Gasteiger partial charge in [-0.1, -0.05) is 42.4 Å².